The van der Waals surface area contributed by atoms with Crippen molar-refractivity contribution in [2.75, 3.05) is 6.54 Å². The Balaban J connectivity index is 2.38. The van der Waals surface area contributed by atoms with Crippen molar-refractivity contribution in [3.05, 3.63) is 18.0 Å². The van der Waals surface area contributed by atoms with Crippen molar-refractivity contribution in [3.63, 3.8) is 0 Å². The quantitative estimate of drug-likeness (QED) is 0.578. The van der Waals surface area contributed by atoms with E-state index in [0.29, 0.717) is 6.04 Å². The molecule has 14 heavy (non-hydrogen) atoms. The molecule has 1 rings (SSSR count). The monoisotopic (exact) mass is 191 g/mol. The summed E-state index contributed by atoms with van der Waals surface area (Å²) in [4.78, 5) is 0. The fraction of sp³-hybridized carbons (Fsp3) is 0.545. The summed E-state index contributed by atoms with van der Waals surface area (Å²) < 4.78 is 1.96. The molecule has 3 nitrogen and oxygen atoms in total. The summed E-state index contributed by atoms with van der Waals surface area (Å²) in [6.45, 7) is 7.66. The average molecular weight is 191 g/mol. The molecule has 1 aromatic heterocycles. The molecule has 0 atom stereocenters. The van der Waals surface area contributed by atoms with Crippen LogP contribution in [0.2, 0.25) is 0 Å². The molecule has 0 saturated heterocycles. The molecular formula is C11H17N3. The molecule has 0 aliphatic rings. The lowest BCUT2D eigenvalue weighted by atomic mass is 10.3. The normalized spacial score (nSPS) is 10.0. The number of hydrogen-bond acceptors (Lipinski definition) is 2. The second-order valence-corrected chi connectivity index (χ2v) is 3.45. The van der Waals surface area contributed by atoms with E-state index in [2.05, 4.69) is 42.3 Å². The maximum Gasteiger partial charge on any atom is 0.0579 e. The van der Waals surface area contributed by atoms with Crippen LogP contribution in [-0.2, 0) is 6.54 Å². The fourth-order valence-corrected chi connectivity index (χ4v) is 1.11. The van der Waals surface area contributed by atoms with Crippen molar-refractivity contribution in [2.45, 2.75) is 33.4 Å². The van der Waals surface area contributed by atoms with Crippen molar-refractivity contribution in [1.29, 1.82) is 0 Å². The number of nitrogens with one attached hydrogen (secondary N) is 1. The Labute approximate surface area is 85.5 Å². The first-order valence-corrected chi connectivity index (χ1v) is 4.87. The van der Waals surface area contributed by atoms with Crippen molar-refractivity contribution in [3.8, 4) is 11.8 Å². The van der Waals surface area contributed by atoms with Crippen LogP contribution in [0.4, 0.5) is 0 Å². The molecule has 0 saturated carbocycles. The maximum absolute atomic E-state index is 4.26. The zero-order chi connectivity index (χ0) is 10.4. The Morgan fingerprint density at radius 1 is 1.57 bits per heavy atom. The second kappa shape index (κ2) is 5.46. The predicted octanol–water partition coefficient (Wildman–Crippen LogP) is 1.58. The minimum atomic E-state index is 0.430. The van der Waals surface area contributed by atoms with Crippen LogP contribution in [0.1, 0.15) is 32.4 Å². The molecule has 76 valence electrons. The Hall–Kier alpha value is -1.27. The Kier molecular flexibility index (Phi) is 4.21. The summed E-state index contributed by atoms with van der Waals surface area (Å²) in [5.41, 5.74) is 1.21. The lowest BCUT2D eigenvalue weighted by molar-refractivity contribution is 0.532. The van der Waals surface area contributed by atoms with Gasteiger partial charge >= 0.3 is 0 Å². The fourth-order valence-electron chi connectivity index (χ4n) is 1.11. The highest BCUT2D eigenvalue weighted by Gasteiger charge is 2.00. The zero-order valence-electron chi connectivity index (χ0n) is 9.04. The summed E-state index contributed by atoms with van der Waals surface area (Å²) in [6, 6.07) is 0.430. The zero-order valence-corrected chi connectivity index (χ0v) is 9.04. The first-order valence-electron chi connectivity index (χ1n) is 4.87. The van der Waals surface area contributed by atoms with Crippen LogP contribution >= 0.6 is 0 Å². The van der Waals surface area contributed by atoms with Crippen LogP contribution in [0.15, 0.2) is 12.4 Å². The third-order valence-corrected chi connectivity index (χ3v) is 1.90. The van der Waals surface area contributed by atoms with Crippen molar-refractivity contribution >= 4 is 0 Å². The van der Waals surface area contributed by atoms with E-state index in [1.54, 1.807) is 0 Å². The third-order valence-electron chi connectivity index (χ3n) is 1.90. The first kappa shape index (κ1) is 10.8. The number of nitrogens with zero attached hydrogens (tertiary/aromatic N) is 2. The lowest BCUT2D eigenvalue weighted by Gasteiger charge is -2.03. The standard InChI is InChI=1S/C11H17N3/c1-4-5-6-12-7-11-8-13-14(9-11)10(2)3/h8-10,12H,6-7H2,1-3H3. The molecule has 0 amide bonds. The van der Waals surface area contributed by atoms with Crippen LogP contribution in [0, 0.1) is 11.8 Å². The SMILES string of the molecule is CC#CCNCc1cnn(C(C)C)c1. The van der Waals surface area contributed by atoms with E-state index in [9.17, 15) is 0 Å². The number of aromatic nitrogens is 2. The maximum atomic E-state index is 4.26. The van der Waals surface area contributed by atoms with Gasteiger partial charge in [-0.15, -0.1) is 5.92 Å². The highest BCUT2D eigenvalue weighted by atomic mass is 15.3. The molecule has 1 heterocycles. The van der Waals surface area contributed by atoms with Gasteiger partial charge in [-0.3, -0.25) is 4.68 Å². The summed E-state index contributed by atoms with van der Waals surface area (Å²) in [5, 5.41) is 7.48. The number of rotatable bonds is 4. The van der Waals surface area contributed by atoms with E-state index in [1.165, 1.54) is 5.56 Å². The van der Waals surface area contributed by atoms with Crippen molar-refractivity contribution < 1.29 is 0 Å². The highest BCUT2D eigenvalue weighted by molar-refractivity contribution is 5.05. The Morgan fingerprint density at radius 3 is 2.93 bits per heavy atom. The van der Waals surface area contributed by atoms with Crippen LogP contribution in [0.3, 0.4) is 0 Å². The van der Waals surface area contributed by atoms with Crippen molar-refractivity contribution in [2.24, 2.45) is 0 Å². The van der Waals surface area contributed by atoms with Crippen LogP contribution in [0.5, 0.6) is 0 Å². The van der Waals surface area contributed by atoms with E-state index in [1.807, 2.05) is 17.8 Å². The van der Waals surface area contributed by atoms with Crippen molar-refractivity contribution in [1.82, 2.24) is 15.1 Å². The van der Waals surface area contributed by atoms with Gasteiger partial charge in [0, 0.05) is 24.3 Å². The topological polar surface area (TPSA) is 29.9 Å². The van der Waals surface area contributed by atoms with E-state index >= 15 is 0 Å². The highest BCUT2D eigenvalue weighted by Crippen LogP contribution is 2.04. The minimum absolute atomic E-state index is 0.430. The van der Waals surface area contributed by atoms with Gasteiger partial charge in [0.15, 0.2) is 0 Å². The molecule has 1 N–H and O–H groups in total. The molecule has 0 fully saturated rings. The molecule has 0 spiro atoms. The summed E-state index contributed by atoms with van der Waals surface area (Å²) in [6.07, 6.45) is 3.96. The van der Waals surface area contributed by atoms with Crippen LogP contribution in [-0.4, -0.2) is 16.3 Å². The van der Waals surface area contributed by atoms with Gasteiger partial charge in [0.25, 0.3) is 0 Å². The van der Waals surface area contributed by atoms with Gasteiger partial charge in [-0.2, -0.15) is 5.10 Å². The van der Waals surface area contributed by atoms with Gasteiger partial charge in [0.05, 0.1) is 12.7 Å². The van der Waals surface area contributed by atoms with E-state index in [-0.39, 0.29) is 0 Å². The molecule has 0 bridgehead atoms. The van der Waals surface area contributed by atoms with Crippen LogP contribution < -0.4 is 5.32 Å². The summed E-state index contributed by atoms with van der Waals surface area (Å²) >= 11 is 0. The molecule has 0 aromatic carbocycles. The molecule has 3 heteroatoms. The Morgan fingerprint density at radius 2 is 2.36 bits per heavy atom. The predicted molar refractivity (Wildman–Crippen MR) is 57.8 cm³/mol. The van der Waals surface area contributed by atoms with Gasteiger partial charge in [0.1, 0.15) is 0 Å². The third kappa shape index (κ3) is 3.23. The van der Waals surface area contributed by atoms with Crippen LogP contribution in [0.25, 0.3) is 0 Å². The first-order chi connectivity index (χ1) is 6.74. The molecule has 1 aromatic rings. The van der Waals surface area contributed by atoms with E-state index < -0.39 is 0 Å². The van der Waals surface area contributed by atoms with E-state index in [0.717, 1.165) is 13.1 Å². The van der Waals surface area contributed by atoms with Gasteiger partial charge in [-0.1, -0.05) is 5.92 Å². The van der Waals surface area contributed by atoms with Gasteiger partial charge in [-0.25, -0.2) is 0 Å². The molecule has 0 aliphatic carbocycles. The molecule has 0 aliphatic heterocycles. The molecule has 0 unspecified atom stereocenters. The lowest BCUT2D eigenvalue weighted by Crippen LogP contribution is -2.12. The molecule has 0 radical (unpaired) electrons. The van der Waals surface area contributed by atoms with E-state index in [4.69, 9.17) is 0 Å². The molecular weight excluding hydrogens is 174 g/mol. The van der Waals surface area contributed by atoms with Gasteiger partial charge < -0.3 is 5.32 Å². The average Bonchev–Trinajstić information content (AvgIpc) is 2.61. The summed E-state index contributed by atoms with van der Waals surface area (Å²) in [5.74, 6) is 5.80. The Bertz CT molecular complexity index is 328. The summed E-state index contributed by atoms with van der Waals surface area (Å²) in [7, 11) is 0. The minimum Gasteiger partial charge on any atom is -0.302 e. The largest absolute Gasteiger partial charge is 0.302 e. The smallest absolute Gasteiger partial charge is 0.0579 e. The van der Waals surface area contributed by atoms with Gasteiger partial charge in [-0.05, 0) is 20.8 Å². The number of hydrogen-bond donors (Lipinski definition) is 1. The second-order valence-electron chi connectivity index (χ2n) is 3.45. The van der Waals surface area contributed by atoms with Gasteiger partial charge in [0.2, 0.25) is 0 Å².